The van der Waals surface area contributed by atoms with E-state index in [-0.39, 0.29) is 0 Å². The number of hydrogen-bond acceptors (Lipinski definition) is 2. The third kappa shape index (κ3) is 2.78. The molecule has 1 aromatic rings. The maximum absolute atomic E-state index is 6.32. The summed E-state index contributed by atoms with van der Waals surface area (Å²) in [6.07, 6.45) is 1.24. The first-order valence-corrected chi connectivity index (χ1v) is 7.12. The van der Waals surface area contributed by atoms with Gasteiger partial charge in [-0.3, -0.25) is 0 Å². The quantitative estimate of drug-likeness (QED) is 0.861. The Labute approximate surface area is 119 Å². The summed E-state index contributed by atoms with van der Waals surface area (Å²) >= 11 is 11.3. The van der Waals surface area contributed by atoms with E-state index < -0.39 is 0 Å². The van der Waals surface area contributed by atoms with Gasteiger partial charge in [0.2, 0.25) is 0 Å². The summed E-state index contributed by atoms with van der Waals surface area (Å²) < 4.78 is 0. The lowest BCUT2D eigenvalue weighted by molar-refractivity contribution is 0.423. The van der Waals surface area contributed by atoms with Crippen LogP contribution in [0.25, 0.3) is 0 Å². The maximum Gasteiger partial charge on any atom is 0.104 e. The van der Waals surface area contributed by atoms with E-state index in [1.165, 1.54) is 6.42 Å². The molecule has 2 rings (SSSR count). The Morgan fingerprint density at radius 3 is 2.72 bits per heavy atom. The number of nitrogens with zero attached hydrogens (tertiary/aromatic N) is 1. The molecule has 4 heteroatoms. The Hall–Kier alpha value is -0.800. The summed E-state index contributed by atoms with van der Waals surface area (Å²) in [7, 11) is 0. The van der Waals surface area contributed by atoms with Gasteiger partial charge in [-0.05, 0) is 36.5 Å². The third-order valence-corrected chi connectivity index (χ3v) is 4.28. The molecular formula is C14H19ClN2S. The van der Waals surface area contributed by atoms with Gasteiger partial charge < -0.3 is 10.6 Å². The third-order valence-electron chi connectivity index (χ3n) is 3.74. The number of rotatable bonds is 3. The highest BCUT2D eigenvalue weighted by Crippen LogP contribution is 2.33. The Kier molecular flexibility index (Phi) is 4.13. The average Bonchev–Trinajstić information content (AvgIpc) is 2.78. The molecule has 1 aromatic carbocycles. The standard InChI is InChI=1S/C14H19ClN2S/c1-9(2)11-5-6-17(8-11)13-4-3-10(14(16)18)7-12(13)15/h3-4,7,9,11H,5-6,8H2,1-2H3,(H2,16,18). The number of nitrogens with two attached hydrogens (primary N) is 1. The van der Waals surface area contributed by atoms with Crippen LogP contribution in [0.5, 0.6) is 0 Å². The molecule has 0 amide bonds. The smallest absolute Gasteiger partial charge is 0.104 e. The topological polar surface area (TPSA) is 29.3 Å². The molecule has 1 fully saturated rings. The van der Waals surface area contributed by atoms with Crippen LogP contribution < -0.4 is 10.6 Å². The van der Waals surface area contributed by atoms with Crippen LogP contribution in [0.15, 0.2) is 18.2 Å². The minimum atomic E-state index is 0.393. The molecule has 18 heavy (non-hydrogen) atoms. The minimum Gasteiger partial charge on any atom is -0.389 e. The monoisotopic (exact) mass is 282 g/mol. The lowest BCUT2D eigenvalue weighted by Crippen LogP contribution is -2.21. The summed E-state index contributed by atoms with van der Waals surface area (Å²) in [6, 6.07) is 5.84. The van der Waals surface area contributed by atoms with Gasteiger partial charge >= 0.3 is 0 Å². The zero-order chi connectivity index (χ0) is 13.3. The average molecular weight is 283 g/mol. The van der Waals surface area contributed by atoms with Crippen LogP contribution in [0.4, 0.5) is 5.69 Å². The first-order chi connectivity index (χ1) is 8.49. The van der Waals surface area contributed by atoms with Crippen molar-refractivity contribution >= 4 is 34.5 Å². The Bertz CT molecular complexity index is 459. The van der Waals surface area contributed by atoms with E-state index >= 15 is 0 Å². The molecule has 1 atom stereocenters. The van der Waals surface area contributed by atoms with Crippen molar-refractivity contribution in [2.24, 2.45) is 17.6 Å². The molecule has 1 saturated heterocycles. The fraction of sp³-hybridized carbons (Fsp3) is 0.500. The molecule has 1 aliphatic heterocycles. The van der Waals surface area contributed by atoms with Crippen LogP contribution >= 0.6 is 23.8 Å². The molecule has 2 N–H and O–H groups in total. The van der Waals surface area contributed by atoms with E-state index in [2.05, 4.69) is 18.7 Å². The SMILES string of the molecule is CC(C)C1CCN(c2ccc(C(N)=S)cc2Cl)C1. The van der Waals surface area contributed by atoms with E-state index in [0.29, 0.717) is 4.99 Å². The number of hydrogen-bond donors (Lipinski definition) is 1. The maximum atomic E-state index is 6.32. The van der Waals surface area contributed by atoms with E-state index in [1.807, 2.05) is 18.2 Å². The summed E-state index contributed by atoms with van der Waals surface area (Å²) in [5.74, 6) is 1.49. The highest BCUT2D eigenvalue weighted by atomic mass is 35.5. The van der Waals surface area contributed by atoms with Gasteiger partial charge in [0.25, 0.3) is 0 Å². The summed E-state index contributed by atoms with van der Waals surface area (Å²) in [6.45, 7) is 6.73. The molecule has 98 valence electrons. The molecule has 0 spiro atoms. The van der Waals surface area contributed by atoms with Crippen molar-refractivity contribution in [1.29, 1.82) is 0 Å². The molecule has 0 bridgehead atoms. The van der Waals surface area contributed by atoms with Crippen molar-refractivity contribution < 1.29 is 0 Å². The van der Waals surface area contributed by atoms with Gasteiger partial charge in [0, 0.05) is 18.7 Å². The summed E-state index contributed by atoms with van der Waals surface area (Å²) in [5.41, 5.74) is 7.54. The Morgan fingerprint density at radius 2 is 2.22 bits per heavy atom. The Morgan fingerprint density at radius 1 is 1.50 bits per heavy atom. The fourth-order valence-electron chi connectivity index (χ4n) is 2.47. The first-order valence-electron chi connectivity index (χ1n) is 6.33. The van der Waals surface area contributed by atoms with Crippen LogP contribution in [0, 0.1) is 11.8 Å². The van der Waals surface area contributed by atoms with Crippen LogP contribution in [-0.4, -0.2) is 18.1 Å². The van der Waals surface area contributed by atoms with Crippen molar-refractivity contribution in [3.05, 3.63) is 28.8 Å². The van der Waals surface area contributed by atoms with E-state index in [0.717, 1.165) is 41.2 Å². The van der Waals surface area contributed by atoms with Crippen LogP contribution in [0.2, 0.25) is 5.02 Å². The number of anilines is 1. The van der Waals surface area contributed by atoms with Crippen molar-refractivity contribution in [2.75, 3.05) is 18.0 Å². The molecule has 0 saturated carbocycles. The molecular weight excluding hydrogens is 264 g/mol. The lowest BCUT2D eigenvalue weighted by atomic mass is 9.95. The van der Waals surface area contributed by atoms with Gasteiger partial charge in [-0.15, -0.1) is 0 Å². The van der Waals surface area contributed by atoms with Crippen LogP contribution in [0.3, 0.4) is 0 Å². The second-order valence-electron chi connectivity index (χ2n) is 5.27. The van der Waals surface area contributed by atoms with E-state index in [1.54, 1.807) is 0 Å². The van der Waals surface area contributed by atoms with Gasteiger partial charge in [0.15, 0.2) is 0 Å². The van der Waals surface area contributed by atoms with Crippen molar-refractivity contribution in [2.45, 2.75) is 20.3 Å². The van der Waals surface area contributed by atoms with Gasteiger partial charge in [0.1, 0.15) is 4.99 Å². The predicted molar refractivity (Wildman–Crippen MR) is 82.5 cm³/mol. The van der Waals surface area contributed by atoms with Crippen molar-refractivity contribution in [1.82, 2.24) is 0 Å². The molecule has 1 aliphatic rings. The van der Waals surface area contributed by atoms with E-state index in [9.17, 15) is 0 Å². The number of thiocarbonyl (C=S) groups is 1. The zero-order valence-electron chi connectivity index (χ0n) is 10.8. The van der Waals surface area contributed by atoms with Crippen molar-refractivity contribution in [3.8, 4) is 0 Å². The zero-order valence-corrected chi connectivity index (χ0v) is 12.4. The molecule has 1 unspecified atom stereocenters. The molecule has 1 heterocycles. The van der Waals surface area contributed by atoms with Crippen LogP contribution in [-0.2, 0) is 0 Å². The molecule has 2 nitrogen and oxygen atoms in total. The minimum absolute atomic E-state index is 0.393. The summed E-state index contributed by atoms with van der Waals surface area (Å²) in [5, 5.41) is 0.740. The second-order valence-corrected chi connectivity index (χ2v) is 6.12. The van der Waals surface area contributed by atoms with Crippen LogP contribution in [0.1, 0.15) is 25.8 Å². The fourth-order valence-corrected chi connectivity index (χ4v) is 2.89. The number of benzene rings is 1. The molecule has 0 aromatic heterocycles. The largest absolute Gasteiger partial charge is 0.389 e. The summed E-state index contributed by atoms with van der Waals surface area (Å²) in [4.78, 5) is 2.75. The van der Waals surface area contributed by atoms with Gasteiger partial charge in [-0.2, -0.15) is 0 Å². The van der Waals surface area contributed by atoms with Gasteiger partial charge in [-0.25, -0.2) is 0 Å². The highest BCUT2D eigenvalue weighted by molar-refractivity contribution is 7.80. The van der Waals surface area contributed by atoms with E-state index in [4.69, 9.17) is 29.6 Å². The number of halogens is 1. The predicted octanol–water partition coefficient (Wildman–Crippen LogP) is 3.46. The first kappa shape index (κ1) is 13.6. The second kappa shape index (κ2) is 5.45. The van der Waals surface area contributed by atoms with Gasteiger partial charge in [0.05, 0.1) is 10.7 Å². The molecule has 0 aliphatic carbocycles. The Balaban J connectivity index is 2.18. The highest BCUT2D eigenvalue weighted by Gasteiger charge is 2.26. The van der Waals surface area contributed by atoms with Crippen molar-refractivity contribution in [3.63, 3.8) is 0 Å². The normalized spacial score (nSPS) is 19.6. The van der Waals surface area contributed by atoms with Gasteiger partial charge in [-0.1, -0.05) is 37.7 Å². The molecule has 0 radical (unpaired) electrons. The lowest BCUT2D eigenvalue weighted by Gasteiger charge is -2.21.